The summed E-state index contributed by atoms with van der Waals surface area (Å²) >= 11 is 0. The number of nitrogens with zero attached hydrogens (tertiary/aromatic N) is 1. The first-order valence-electron chi connectivity index (χ1n) is 9.68. The maximum absolute atomic E-state index is 12.8. The SMILES string of the molecule is C=CC(CO[Si](C)(C)C(C)(C)C)N(CC(O)C(=C)C(=O)OC)C(=O)OC(C)(C)C. The van der Waals surface area contributed by atoms with E-state index in [1.54, 1.807) is 26.8 Å². The van der Waals surface area contributed by atoms with Gasteiger partial charge in [0.2, 0.25) is 0 Å². The molecular weight excluding hydrogens is 390 g/mol. The van der Waals surface area contributed by atoms with Crippen LogP contribution in [0.5, 0.6) is 0 Å². The molecule has 0 aromatic rings. The van der Waals surface area contributed by atoms with Crippen molar-refractivity contribution in [3.8, 4) is 0 Å². The lowest BCUT2D eigenvalue weighted by Crippen LogP contribution is -2.51. The van der Waals surface area contributed by atoms with Crippen LogP contribution in [0.2, 0.25) is 18.1 Å². The maximum Gasteiger partial charge on any atom is 0.410 e. The van der Waals surface area contributed by atoms with Gasteiger partial charge >= 0.3 is 12.1 Å². The van der Waals surface area contributed by atoms with Gasteiger partial charge in [-0.1, -0.05) is 33.4 Å². The van der Waals surface area contributed by atoms with Crippen LogP contribution in [0.25, 0.3) is 0 Å². The van der Waals surface area contributed by atoms with Gasteiger partial charge in [0.25, 0.3) is 0 Å². The zero-order valence-corrected chi connectivity index (χ0v) is 20.5. The number of ether oxygens (including phenoxy) is 2. The Morgan fingerprint density at radius 1 is 1.17 bits per heavy atom. The minimum atomic E-state index is -2.08. The summed E-state index contributed by atoms with van der Waals surface area (Å²) in [7, 11) is -0.878. The molecule has 0 aromatic carbocycles. The molecule has 0 saturated heterocycles. The third-order valence-corrected chi connectivity index (χ3v) is 9.44. The van der Waals surface area contributed by atoms with E-state index < -0.39 is 38.1 Å². The highest BCUT2D eigenvalue weighted by molar-refractivity contribution is 6.74. The van der Waals surface area contributed by atoms with Gasteiger partial charge in [0.15, 0.2) is 8.32 Å². The Bertz CT molecular complexity index is 603. The molecule has 8 heteroatoms. The Balaban J connectivity index is 5.63. The molecule has 2 unspecified atom stereocenters. The second-order valence-corrected chi connectivity index (χ2v) is 14.3. The molecule has 1 amide bonds. The van der Waals surface area contributed by atoms with Crippen LogP contribution in [0.4, 0.5) is 4.79 Å². The van der Waals surface area contributed by atoms with E-state index in [0.29, 0.717) is 0 Å². The quantitative estimate of drug-likeness (QED) is 0.259. The number of aliphatic hydroxyl groups excluding tert-OH is 1. The lowest BCUT2D eigenvalue weighted by Gasteiger charge is -2.39. The number of rotatable bonds is 9. The number of carbonyl (C=O) groups is 2. The Morgan fingerprint density at radius 2 is 1.69 bits per heavy atom. The first kappa shape index (κ1) is 27.4. The molecule has 2 atom stereocenters. The summed E-state index contributed by atoms with van der Waals surface area (Å²) < 4.78 is 16.3. The minimum absolute atomic E-state index is 0.00580. The Labute approximate surface area is 176 Å². The van der Waals surface area contributed by atoms with Crippen molar-refractivity contribution in [2.24, 2.45) is 0 Å². The predicted octanol–water partition coefficient (Wildman–Crippen LogP) is 3.89. The average molecular weight is 430 g/mol. The van der Waals surface area contributed by atoms with Crippen molar-refractivity contribution in [2.75, 3.05) is 20.3 Å². The van der Waals surface area contributed by atoms with Crippen molar-refractivity contribution in [1.82, 2.24) is 4.90 Å². The molecule has 0 aromatic heterocycles. The van der Waals surface area contributed by atoms with Gasteiger partial charge in [-0.25, -0.2) is 9.59 Å². The van der Waals surface area contributed by atoms with Crippen molar-refractivity contribution in [1.29, 1.82) is 0 Å². The molecule has 7 nitrogen and oxygen atoms in total. The Morgan fingerprint density at radius 3 is 2.07 bits per heavy atom. The topological polar surface area (TPSA) is 85.3 Å². The molecular formula is C21H39NO6Si. The minimum Gasteiger partial charge on any atom is -0.466 e. The highest BCUT2D eigenvalue weighted by Gasteiger charge is 2.39. The summed E-state index contributed by atoms with van der Waals surface area (Å²) in [6, 6.07) is -0.556. The van der Waals surface area contributed by atoms with Crippen LogP contribution < -0.4 is 0 Å². The van der Waals surface area contributed by atoms with Gasteiger partial charge in [0.05, 0.1) is 31.9 Å². The van der Waals surface area contributed by atoms with Gasteiger partial charge in [-0.15, -0.1) is 6.58 Å². The van der Waals surface area contributed by atoms with Gasteiger partial charge < -0.3 is 19.0 Å². The number of aliphatic hydroxyl groups is 1. The van der Waals surface area contributed by atoms with Crippen LogP contribution >= 0.6 is 0 Å². The lowest BCUT2D eigenvalue weighted by molar-refractivity contribution is -0.137. The third kappa shape index (κ3) is 8.72. The Hall–Kier alpha value is -1.64. The van der Waals surface area contributed by atoms with Crippen molar-refractivity contribution < 1.29 is 28.6 Å². The highest BCUT2D eigenvalue weighted by atomic mass is 28.4. The number of amides is 1. The summed E-state index contributed by atoms with van der Waals surface area (Å²) in [6.07, 6.45) is -0.381. The summed E-state index contributed by atoms with van der Waals surface area (Å²) in [6.45, 7) is 23.2. The molecule has 0 heterocycles. The molecule has 0 aliphatic heterocycles. The fourth-order valence-electron chi connectivity index (χ4n) is 2.02. The normalized spacial score (nSPS) is 14.6. The largest absolute Gasteiger partial charge is 0.466 e. The van der Waals surface area contributed by atoms with Crippen LogP contribution in [-0.2, 0) is 18.7 Å². The lowest BCUT2D eigenvalue weighted by atomic mass is 10.1. The van der Waals surface area contributed by atoms with Crippen LogP contribution in [0, 0.1) is 0 Å². The van der Waals surface area contributed by atoms with Crippen LogP contribution in [0.15, 0.2) is 24.8 Å². The first-order chi connectivity index (χ1) is 13.0. The van der Waals surface area contributed by atoms with E-state index in [4.69, 9.17) is 9.16 Å². The van der Waals surface area contributed by atoms with E-state index in [0.717, 1.165) is 0 Å². The summed E-state index contributed by atoms with van der Waals surface area (Å²) in [5.74, 6) is -0.741. The fraction of sp³-hybridized carbons (Fsp3) is 0.714. The van der Waals surface area contributed by atoms with Crippen molar-refractivity contribution >= 4 is 20.4 Å². The zero-order valence-electron chi connectivity index (χ0n) is 19.5. The second kappa shape index (κ2) is 10.4. The summed E-state index contributed by atoms with van der Waals surface area (Å²) in [4.78, 5) is 25.8. The molecule has 0 aliphatic carbocycles. The van der Waals surface area contributed by atoms with E-state index in [9.17, 15) is 14.7 Å². The molecule has 0 radical (unpaired) electrons. The predicted molar refractivity (Wildman–Crippen MR) is 117 cm³/mol. The van der Waals surface area contributed by atoms with Gasteiger partial charge in [-0.3, -0.25) is 4.90 Å². The fourth-order valence-corrected chi connectivity index (χ4v) is 3.05. The summed E-state index contributed by atoms with van der Waals surface area (Å²) in [5, 5.41) is 10.4. The van der Waals surface area contributed by atoms with Gasteiger partial charge in [0.1, 0.15) is 11.7 Å². The van der Waals surface area contributed by atoms with E-state index in [-0.39, 0.29) is 23.8 Å². The molecule has 0 aliphatic rings. The second-order valence-electron chi connectivity index (χ2n) is 9.54. The van der Waals surface area contributed by atoms with Gasteiger partial charge in [-0.05, 0) is 38.9 Å². The van der Waals surface area contributed by atoms with E-state index >= 15 is 0 Å². The van der Waals surface area contributed by atoms with E-state index in [1.807, 2.05) is 0 Å². The first-order valence-corrected chi connectivity index (χ1v) is 12.6. The number of hydrogen-bond acceptors (Lipinski definition) is 6. The monoisotopic (exact) mass is 429 g/mol. The smallest absolute Gasteiger partial charge is 0.410 e. The summed E-state index contributed by atoms with van der Waals surface area (Å²) in [5.41, 5.74) is -0.875. The molecule has 168 valence electrons. The molecule has 0 rings (SSSR count). The number of hydrogen-bond donors (Lipinski definition) is 1. The Kier molecular flexibility index (Phi) is 9.82. The third-order valence-electron chi connectivity index (χ3n) is 4.94. The van der Waals surface area contributed by atoms with E-state index in [1.165, 1.54) is 12.0 Å². The van der Waals surface area contributed by atoms with Gasteiger partial charge in [0, 0.05) is 0 Å². The molecule has 29 heavy (non-hydrogen) atoms. The zero-order chi connectivity index (χ0) is 23.2. The maximum atomic E-state index is 12.8. The van der Waals surface area contributed by atoms with Crippen molar-refractivity contribution in [3.63, 3.8) is 0 Å². The van der Waals surface area contributed by atoms with Crippen LogP contribution in [-0.4, -0.2) is 68.4 Å². The molecule has 0 saturated carbocycles. The standard InChI is InChI=1S/C21H39NO6Si/c1-12-16(14-27-29(10,11)21(6,7)8)22(19(25)28-20(3,4)5)13-17(23)15(2)18(24)26-9/h12,16-17,23H,1-2,13-14H2,3-11H3. The van der Waals surface area contributed by atoms with Crippen LogP contribution in [0.3, 0.4) is 0 Å². The molecule has 0 fully saturated rings. The number of carbonyl (C=O) groups excluding carboxylic acids is 2. The highest BCUT2D eigenvalue weighted by Crippen LogP contribution is 2.36. The van der Waals surface area contributed by atoms with E-state index in [2.05, 4.69) is 51.8 Å². The average Bonchev–Trinajstić information content (AvgIpc) is 2.56. The van der Waals surface area contributed by atoms with Crippen molar-refractivity contribution in [3.05, 3.63) is 24.8 Å². The molecule has 0 spiro atoms. The number of esters is 1. The molecule has 1 N–H and O–H groups in total. The molecule has 0 bridgehead atoms. The van der Waals surface area contributed by atoms with Crippen LogP contribution in [0.1, 0.15) is 41.5 Å². The van der Waals surface area contributed by atoms with Gasteiger partial charge in [-0.2, -0.15) is 0 Å². The number of methoxy groups -OCH3 is 1. The van der Waals surface area contributed by atoms with Crippen molar-refractivity contribution in [2.45, 2.75) is 77.4 Å².